The maximum Gasteiger partial charge on any atom is 0.339 e. The van der Waals surface area contributed by atoms with Gasteiger partial charge in [-0.15, -0.1) is 0 Å². The number of carbonyl (C=O) groups is 2. The van der Waals surface area contributed by atoms with Crippen LogP contribution >= 0.6 is 0 Å². The van der Waals surface area contributed by atoms with Crippen molar-refractivity contribution >= 4 is 11.9 Å². The molecular formula is C19H16N2O4. The summed E-state index contributed by atoms with van der Waals surface area (Å²) < 4.78 is 10.9. The molecule has 3 aromatic rings. The molecule has 2 N–H and O–H groups in total. The van der Waals surface area contributed by atoms with Gasteiger partial charge in [0, 0.05) is 5.56 Å². The molecule has 25 heavy (non-hydrogen) atoms. The Labute approximate surface area is 144 Å². The number of esters is 1. The van der Waals surface area contributed by atoms with Gasteiger partial charge >= 0.3 is 5.97 Å². The number of aromatic nitrogens is 1. The molecule has 1 atom stereocenters. The van der Waals surface area contributed by atoms with Crippen LogP contribution in [0.25, 0.3) is 22.8 Å². The second-order valence-electron chi connectivity index (χ2n) is 5.39. The van der Waals surface area contributed by atoms with Crippen LogP contribution in [-0.4, -0.2) is 23.0 Å². The third-order valence-corrected chi connectivity index (χ3v) is 3.63. The predicted octanol–water partition coefficient (Wildman–Crippen LogP) is 3.04. The Bertz CT molecular complexity index is 903. The first-order valence-corrected chi connectivity index (χ1v) is 7.67. The van der Waals surface area contributed by atoms with Gasteiger partial charge in [-0.1, -0.05) is 42.5 Å². The van der Waals surface area contributed by atoms with Crippen molar-refractivity contribution in [2.75, 3.05) is 0 Å². The predicted molar refractivity (Wildman–Crippen MR) is 91.4 cm³/mol. The van der Waals surface area contributed by atoms with E-state index >= 15 is 0 Å². The van der Waals surface area contributed by atoms with Gasteiger partial charge in [-0.05, 0) is 19.1 Å². The molecule has 6 heteroatoms. The van der Waals surface area contributed by atoms with E-state index in [-0.39, 0.29) is 11.5 Å². The molecule has 0 fully saturated rings. The molecule has 1 heterocycles. The smallest absolute Gasteiger partial charge is 0.339 e. The highest BCUT2D eigenvalue weighted by Crippen LogP contribution is 2.28. The lowest BCUT2D eigenvalue weighted by molar-refractivity contribution is -0.125. The number of benzene rings is 2. The van der Waals surface area contributed by atoms with Crippen LogP contribution in [0.5, 0.6) is 0 Å². The number of oxazole rings is 1. The Morgan fingerprint density at radius 2 is 1.76 bits per heavy atom. The first-order chi connectivity index (χ1) is 12.1. The summed E-state index contributed by atoms with van der Waals surface area (Å²) in [5, 5.41) is 0. The van der Waals surface area contributed by atoms with Gasteiger partial charge in [0.1, 0.15) is 0 Å². The number of nitrogens with zero attached hydrogens (tertiary/aromatic N) is 1. The number of ether oxygens (including phenoxy) is 1. The SMILES string of the molecule is C[C@@H](OC(=O)c1ccccc1-c1ncc(-c2ccccc2)o1)C(N)=O. The molecule has 0 saturated heterocycles. The van der Waals surface area contributed by atoms with E-state index in [9.17, 15) is 9.59 Å². The van der Waals surface area contributed by atoms with Crippen molar-refractivity contribution in [3.05, 3.63) is 66.4 Å². The molecule has 0 aliphatic rings. The van der Waals surface area contributed by atoms with Gasteiger partial charge in [0.05, 0.1) is 17.3 Å². The topological polar surface area (TPSA) is 95.4 Å². The van der Waals surface area contributed by atoms with Crippen molar-refractivity contribution in [2.45, 2.75) is 13.0 Å². The molecule has 0 spiro atoms. The van der Waals surface area contributed by atoms with Gasteiger partial charge in [-0.2, -0.15) is 0 Å². The lowest BCUT2D eigenvalue weighted by atomic mass is 10.1. The van der Waals surface area contributed by atoms with Crippen molar-refractivity contribution in [1.82, 2.24) is 4.98 Å². The number of nitrogens with two attached hydrogens (primary N) is 1. The number of hydrogen-bond donors (Lipinski definition) is 1. The molecule has 0 bridgehead atoms. The monoisotopic (exact) mass is 336 g/mol. The van der Waals surface area contributed by atoms with Gasteiger partial charge in [0.2, 0.25) is 5.89 Å². The molecule has 2 aromatic carbocycles. The van der Waals surface area contributed by atoms with Crippen LogP contribution in [0.2, 0.25) is 0 Å². The molecule has 0 aliphatic heterocycles. The molecule has 3 rings (SSSR count). The van der Waals surface area contributed by atoms with Crippen LogP contribution in [0.1, 0.15) is 17.3 Å². The molecule has 0 aliphatic carbocycles. The summed E-state index contributed by atoms with van der Waals surface area (Å²) in [5.41, 5.74) is 6.74. The molecular weight excluding hydrogens is 320 g/mol. The van der Waals surface area contributed by atoms with Crippen molar-refractivity contribution in [1.29, 1.82) is 0 Å². The fourth-order valence-electron chi connectivity index (χ4n) is 2.26. The first-order valence-electron chi connectivity index (χ1n) is 7.67. The highest BCUT2D eigenvalue weighted by molar-refractivity contribution is 5.97. The van der Waals surface area contributed by atoms with E-state index in [0.29, 0.717) is 11.3 Å². The van der Waals surface area contributed by atoms with E-state index in [2.05, 4.69) is 4.98 Å². The third-order valence-electron chi connectivity index (χ3n) is 3.63. The fourth-order valence-corrected chi connectivity index (χ4v) is 2.26. The summed E-state index contributed by atoms with van der Waals surface area (Å²) in [4.78, 5) is 27.7. The van der Waals surface area contributed by atoms with Crippen LogP contribution in [0.4, 0.5) is 0 Å². The minimum atomic E-state index is -1.02. The largest absolute Gasteiger partial charge is 0.449 e. The number of primary amides is 1. The van der Waals surface area contributed by atoms with Gasteiger partial charge < -0.3 is 14.9 Å². The Balaban J connectivity index is 1.93. The Kier molecular flexibility index (Phi) is 4.61. The zero-order chi connectivity index (χ0) is 17.8. The molecule has 0 saturated carbocycles. The molecule has 0 radical (unpaired) electrons. The Morgan fingerprint density at radius 1 is 1.08 bits per heavy atom. The molecule has 0 unspecified atom stereocenters. The number of carbonyl (C=O) groups excluding carboxylic acids is 2. The van der Waals surface area contributed by atoms with Crippen LogP contribution in [0.3, 0.4) is 0 Å². The summed E-state index contributed by atoms with van der Waals surface area (Å²) >= 11 is 0. The zero-order valence-electron chi connectivity index (χ0n) is 13.5. The highest BCUT2D eigenvalue weighted by atomic mass is 16.5. The average Bonchev–Trinajstić information content (AvgIpc) is 3.12. The lowest BCUT2D eigenvalue weighted by Gasteiger charge is -2.11. The van der Waals surface area contributed by atoms with E-state index in [1.165, 1.54) is 6.92 Å². The lowest BCUT2D eigenvalue weighted by Crippen LogP contribution is -2.30. The summed E-state index contributed by atoms with van der Waals surface area (Å²) in [6, 6.07) is 16.2. The molecule has 1 aromatic heterocycles. The quantitative estimate of drug-likeness (QED) is 0.723. The second kappa shape index (κ2) is 7.00. The first kappa shape index (κ1) is 16.4. The minimum absolute atomic E-state index is 0.247. The summed E-state index contributed by atoms with van der Waals surface area (Å²) in [7, 11) is 0. The fraction of sp³-hybridized carbons (Fsp3) is 0.105. The average molecular weight is 336 g/mol. The van der Waals surface area contributed by atoms with Crippen molar-refractivity contribution < 1.29 is 18.7 Å². The van der Waals surface area contributed by atoms with E-state index in [1.807, 2.05) is 30.3 Å². The normalized spacial score (nSPS) is 11.7. The summed E-state index contributed by atoms with van der Waals surface area (Å²) in [5.74, 6) is -0.503. The van der Waals surface area contributed by atoms with Crippen molar-refractivity contribution in [3.63, 3.8) is 0 Å². The van der Waals surface area contributed by atoms with Gasteiger partial charge in [0.15, 0.2) is 11.9 Å². The van der Waals surface area contributed by atoms with E-state index in [4.69, 9.17) is 14.9 Å². The Hall–Kier alpha value is -3.41. The zero-order valence-corrected chi connectivity index (χ0v) is 13.5. The van der Waals surface area contributed by atoms with Crippen molar-refractivity contribution in [3.8, 4) is 22.8 Å². The van der Waals surface area contributed by atoms with E-state index < -0.39 is 18.0 Å². The van der Waals surface area contributed by atoms with E-state index in [0.717, 1.165) is 5.56 Å². The number of rotatable bonds is 5. The summed E-state index contributed by atoms with van der Waals surface area (Å²) in [6.45, 7) is 1.42. The van der Waals surface area contributed by atoms with Crippen LogP contribution in [0.15, 0.2) is 65.2 Å². The maximum absolute atomic E-state index is 12.3. The maximum atomic E-state index is 12.3. The number of hydrogen-bond acceptors (Lipinski definition) is 5. The standard InChI is InChI=1S/C19H16N2O4/c1-12(17(20)22)24-19(23)15-10-6-5-9-14(15)18-21-11-16(25-18)13-7-3-2-4-8-13/h2-12H,1H3,(H2,20,22)/t12-/m1/s1. The third kappa shape index (κ3) is 3.58. The summed E-state index contributed by atoms with van der Waals surface area (Å²) in [6.07, 6.45) is 0.573. The Morgan fingerprint density at radius 3 is 2.48 bits per heavy atom. The van der Waals surface area contributed by atoms with Crippen LogP contribution in [-0.2, 0) is 9.53 Å². The van der Waals surface area contributed by atoms with E-state index in [1.54, 1.807) is 30.5 Å². The van der Waals surface area contributed by atoms with Gasteiger partial charge in [-0.25, -0.2) is 9.78 Å². The molecule has 6 nitrogen and oxygen atoms in total. The van der Waals surface area contributed by atoms with Crippen LogP contribution < -0.4 is 5.73 Å². The number of amides is 1. The van der Waals surface area contributed by atoms with Gasteiger partial charge in [0.25, 0.3) is 5.91 Å². The van der Waals surface area contributed by atoms with Gasteiger partial charge in [-0.3, -0.25) is 4.79 Å². The minimum Gasteiger partial charge on any atom is -0.449 e. The molecule has 1 amide bonds. The molecule has 126 valence electrons. The van der Waals surface area contributed by atoms with Crippen LogP contribution in [0, 0.1) is 0 Å². The highest BCUT2D eigenvalue weighted by Gasteiger charge is 2.21. The van der Waals surface area contributed by atoms with Crippen molar-refractivity contribution in [2.24, 2.45) is 5.73 Å². The second-order valence-corrected chi connectivity index (χ2v) is 5.39.